The molecule has 4 unspecified atom stereocenters. The Morgan fingerprint density at radius 2 is 0.657 bits per heavy atom. The predicted octanol–water partition coefficient (Wildman–Crippen LogP) is 16.0. The Morgan fingerprint density at radius 3 is 0.910 bits per heavy atom. The number of rotatable bonds is 18. The predicted molar refractivity (Wildman–Crippen MR) is 291 cm³/mol. The van der Waals surface area contributed by atoms with Gasteiger partial charge in [-0.05, 0) is 141 Å². The Kier molecular flexibility index (Phi) is 16.3. The largest absolute Gasteiger partial charge is 0.282 e. The molecule has 2 aliphatic carbocycles. The molecule has 67 heavy (non-hydrogen) atoms. The van der Waals surface area contributed by atoms with Gasteiger partial charge in [-0.2, -0.15) is 0 Å². The molecule has 4 aromatic rings. The highest BCUT2D eigenvalue weighted by Crippen LogP contribution is 2.53. The van der Waals surface area contributed by atoms with Crippen molar-refractivity contribution in [2.24, 2.45) is 10.8 Å². The second kappa shape index (κ2) is 21.6. The highest BCUT2D eigenvalue weighted by molar-refractivity contribution is 5.47. The summed E-state index contributed by atoms with van der Waals surface area (Å²) < 4.78 is 0. The first kappa shape index (κ1) is 50.6. The Morgan fingerprint density at radius 1 is 0.403 bits per heavy atom. The molecule has 0 N–H and O–H groups in total. The van der Waals surface area contributed by atoms with Gasteiger partial charge in [-0.15, -0.1) is 0 Å². The van der Waals surface area contributed by atoms with Gasteiger partial charge >= 0.3 is 0 Å². The summed E-state index contributed by atoms with van der Waals surface area (Å²) in [7, 11) is 0. The van der Waals surface area contributed by atoms with Gasteiger partial charge < -0.3 is 0 Å². The minimum atomic E-state index is -0.134. The van der Waals surface area contributed by atoms with Crippen LogP contribution in [0.25, 0.3) is 0 Å². The molecule has 1 heterocycles. The lowest BCUT2D eigenvalue weighted by Gasteiger charge is -2.51. The van der Waals surface area contributed by atoms with Crippen LogP contribution in [0.1, 0.15) is 187 Å². The third kappa shape index (κ3) is 10.2. The van der Waals surface area contributed by atoms with Crippen LogP contribution in [-0.4, -0.2) is 41.6 Å². The van der Waals surface area contributed by atoms with Crippen LogP contribution in [0.15, 0.2) is 120 Å². The summed E-state index contributed by atoms with van der Waals surface area (Å²) in [5, 5.41) is 0. The van der Waals surface area contributed by atoms with Gasteiger partial charge in [0.1, 0.15) is 0 Å². The minimum absolute atomic E-state index is 0.134. The van der Waals surface area contributed by atoms with Crippen molar-refractivity contribution in [3.8, 4) is 0 Å². The molecule has 1 fully saturated rings. The number of aryl methyl sites for hydroxylation is 8. The van der Waals surface area contributed by atoms with Crippen LogP contribution in [0, 0.1) is 10.8 Å². The molecular formula is C65H88N2. The van der Waals surface area contributed by atoms with E-state index in [1.54, 1.807) is 11.1 Å². The molecule has 1 saturated heterocycles. The standard InChI is InChI=1S/C65H88N2/c1-15-48-31-49(16-2)36-56(35-48)44(9)60-25-23-27-64(13,46(11)58-39-52(19-5)33-53(20-6)40-58)62(60)66-29-30-67(43-66)63-61(45(10)57-37-50(17-3)32-51(18-4)38-57)26-24-28-65(63,14)47(12)59-41-54(21-7)34-55(22-8)42-59/h23-28,31-42,44-47,62-63H,15-22,29-30,43H2,1-14H3/t44-,45-,46-,47-,62?,63?,64?,65?/m1/s1. The first-order valence-corrected chi connectivity index (χ1v) is 27.0. The lowest BCUT2D eigenvalue weighted by molar-refractivity contribution is 0.0771. The van der Waals surface area contributed by atoms with Crippen LogP contribution >= 0.6 is 0 Å². The Balaban J connectivity index is 1.36. The number of hydrogen-bond acceptors (Lipinski definition) is 2. The molecule has 358 valence electrons. The van der Waals surface area contributed by atoms with Crippen molar-refractivity contribution in [3.05, 3.63) is 187 Å². The highest BCUT2D eigenvalue weighted by atomic mass is 15.4. The van der Waals surface area contributed by atoms with Crippen LogP contribution < -0.4 is 0 Å². The second-order valence-corrected chi connectivity index (χ2v) is 21.4. The lowest BCUT2D eigenvalue weighted by Crippen LogP contribution is -2.53. The van der Waals surface area contributed by atoms with Gasteiger partial charge in [0.2, 0.25) is 0 Å². The summed E-state index contributed by atoms with van der Waals surface area (Å²) >= 11 is 0. The smallest absolute Gasteiger partial charge is 0.0519 e. The SMILES string of the molecule is CCc1cc(CC)cc([C@@H](C)C2(C)C=CC=C([C@H](C)c3cc(CC)cc(CC)c3)C2N2CCN(C3C([C@H](C)c4cc(CC)cc(CC)c4)=CC=CC3(C)[C@H](C)c3cc(CC)cc(CC)c3)C2)c1. The van der Waals surface area contributed by atoms with Crippen molar-refractivity contribution in [1.82, 2.24) is 9.80 Å². The molecule has 8 atom stereocenters. The van der Waals surface area contributed by atoms with E-state index in [1.165, 1.54) is 66.8 Å². The van der Waals surface area contributed by atoms with Gasteiger partial charge in [-0.25, -0.2) is 0 Å². The van der Waals surface area contributed by atoms with Gasteiger partial charge in [0.15, 0.2) is 0 Å². The lowest BCUT2D eigenvalue weighted by atomic mass is 9.62. The van der Waals surface area contributed by atoms with Crippen molar-refractivity contribution in [2.45, 2.75) is 184 Å². The van der Waals surface area contributed by atoms with Crippen LogP contribution in [0.5, 0.6) is 0 Å². The average molecular weight is 897 g/mol. The van der Waals surface area contributed by atoms with Gasteiger partial charge in [-0.3, -0.25) is 9.80 Å². The zero-order valence-electron chi connectivity index (χ0n) is 44.5. The van der Waals surface area contributed by atoms with E-state index in [4.69, 9.17) is 0 Å². The normalized spacial score (nSPS) is 24.1. The Bertz CT molecular complexity index is 2220. The maximum Gasteiger partial charge on any atom is 0.0519 e. The molecular weight excluding hydrogens is 809 g/mol. The topological polar surface area (TPSA) is 6.48 Å². The van der Waals surface area contributed by atoms with Gasteiger partial charge in [0.05, 0.1) is 6.67 Å². The molecule has 0 spiro atoms. The molecule has 0 saturated carbocycles. The van der Waals surface area contributed by atoms with E-state index in [-0.39, 0.29) is 34.7 Å². The number of benzene rings is 4. The number of hydrogen-bond donors (Lipinski definition) is 0. The highest BCUT2D eigenvalue weighted by Gasteiger charge is 2.51. The molecule has 2 nitrogen and oxygen atoms in total. The van der Waals surface area contributed by atoms with Crippen molar-refractivity contribution in [3.63, 3.8) is 0 Å². The maximum atomic E-state index is 2.93. The summed E-state index contributed by atoms with van der Waals surface area (Å²) in [5.41, 5.74) is 20.4. The van der Waals surface area contributed by atoms with E-state index >= 15 is 0 Å². The van der Waals surface area contributed by atoms with E-state index in [1.807, 2.05) is 0 Å². The van der Waals surface area contributed by atoms with Crippen molar-refractivity contribution in [1.29, 1.82) is 0 Å². The minimum Gasteiger partial charge on any atom is -0.282 e. The van der Waals surface area contributed by atoms with Crippen LogP contribution in [-0.2, 0) is 51.4 Å². The molecule has 0 amide bonds. The maximum absolute atomic E-state index is 2.93. The third-order valence-electron chi connectivity index (χ3n) is 17.5. The van der Waals surface area contributed by atoms with E-state index < -0.39 is 0 Å². The van der Waals surface area contributed by atoms with E-state index in [9.17, 15) is 0 Å². The summed E-state index contributed by atoms with van der Waals surface area (Å²) in [5.74, 6) is 1.21. The molecule has 7 rings (SSSR count). The summed E-state index contributed by atoms with van der Waals surface area (Å²) in [6.07, 6.45) is 23.6. The zero-order valence-corrected chi connectivity index (χ0v) is 44.5. The molecule has 4 aromatic carbocycles. The van der Waals surface area contributed by atoms with Crippen molar-refractivity contribution < 1.29 is 0 Å². The molecule has 0 bridgehead atoms. The van der Waals surface area contributed by atoms with Crippen LogP contribution in [0.3, 0.4) is 0 Å². The fraction of sp³-hybridized carbons (Fsp3) is 0.508. The average Bonchev–Trinajstić information content (AvgIpc) is 3.85. The van der Waals surface area contributed by atoms with E-state index in [2.05, 4.69) is 216 Å². The quantitative estimate of drug-likeness (QED) is 0.0982. The van der Waals surface area contributed by atoms with Crippen molar-refractivity contribution >= 4 is 0 Å². The summed E-state index contributed by atoms with van der Waals surface area (Å²) in [6.45, 7) is 36.8. The van der Waals surface area contributed by atoms with Gasteiger partial charge in [-0.1, -0.05) is 206 Å². The molecule has 0 radical (unpaired) electrons. The monoisotopic (exact) mass is 897 g/mol. The van der Waals surface area contributed by atoms with Crippen LogP contribution in [0.4, 0.5) is 0 Å². The molecule has 2 heteroatoms. The Labute approximate surface area is 409 Å². The molecule has 1 aliphatic heterocycles. The van der Waals surface area contributed by atoms with Crippen molar-refractivity contribution in [2.75, 3.05) is 19.8 Å². The van der Waals surface area contributed by atoms with Gasteiger partial charge in [0, 0.05) is 47.8 Å². The molecule has 0 aromatic heterocycles. The fourth-order valence-corrected chi connectivity index (χ4v) is 12.5. The first-order valence-electron chi connectivity index (χ1n) is 27.0. The first-order chi connectivity index (χ1) is 32.2. The zero-order chi connectivity index (χ0) is 48.2. The fourth-order valence-electron chi connectivity index (χ4n) is 12.5. The summed E-state index contributed by atoms with van der Waals surface area (Å²) in [6, 6.07) is 30.4. The second-order valence-electron chi connectivity index (χ2n) is 21.4. The number of nitrogens with zero attached hydrogens (tertiary/aromatic N) is 2. The summed E-state index contributed by atoms with van der Waals surface area (Å²) in [4.78, 5) is 5.87. The van der Waals surface area contributed by atoms with E-state index in [0.717, 1.165) is 71.1 Å². The third-order valence-corrected chi connectivity index (χ3v) is 17.5. The Hall–Kier alpha value is -4.24. The number of allylic oxidation sites excluding steroid dienone is 4. The van der Waals surface area contributed by atoms with Crippen LogP contribution in [0.2, 0.25) is 0 Å². The van der Waals surface area contributed by atoms with Gasteiger partial charge in [0.25, 0.3) is 0 Å². The molecule has 3 aliphatic rings. The van der Waals surface area contributed by atoms with E-state index in [0.29, 0.717) is 11.8 Å².